The molecule has 3 N–H and O–H groups in total. The standard InChI is InChI=1S/C13H26N2O3/c1-12(2,17-4)7-8-18-9-13(3,11(14)16)15-10-5-6-10/h10,15H,5-9H2,1-4H3,(H2,14,16). The average molecular weight is 258 g/mol. The van der Waals surface area contributed by atoms with Crippen LogP contribution in [-0.2, 0) is 14.3 Å². The fourth-order valence-electron chi connectivity index (χ4n) is 1.56. The van der Waals surface area contributed by atoms with Gasteiger partial charge in [0.05, 0.1) is 12.2 Å². The maximum absolute atomic E-state index is 11.5. The molecule has 0 saturated heterocycles. The van der Waals surface area contributed by atoms with Crippen molar-refractivity contribution in [3.63, 3.8) is 0 Å². The van der Waals surface area contributed by atoms with E-state index in [0.29, 0.717) is 19.3 Å². The Kier molecular flexibility index (Phi) is 5.13. The third-order valence-corrected chi connectivity index (χ3v) is 3.44. The monoisotopic (exact) mass is 258 g/mol. The van der Waals surface area contributed by atoms with Crippen LogP contribution in [0.1, 0.15) is 40.0 Å². The first-order valence-corrected chi connectivity index (χ1v) is 6.49. The van der Waals surface area contributed by atoms with Crippen LogP contribution in [0.4, 0.5) is 0 Å². The number of carbonyl (C=O) groups is 1. The molecule has 0 aliphatic heterocycles. The van der Waals surface area contributed by atoms with Crippen LogP contribution in [0.2, 0.25) is 0 Å². The van der Waals surface area contributed by atoms with Gasteiger partial charge in [0.2, 0.25) is 5.91 Å². The summed E-state index contributed by atoms with van der Waals surface area (Å²) in [7, 11) is 1.68. The number of hydrogen-bond donors (Lipinski definition) is 2. The highest BCUT2D eigenvalue weighted by Gasteiger charge is 2.37. The summed E-state index contributed by atoms with van der Waals surface area (Å²) in [6.07, 6.45) is 3.00. The van der Waals surface area contributed by atoms with E-state index in [2.05, 4.69) is 5.32 Å². The van der Waals surface area contributed by atoms with E-state index in [-0.39, 0.29) is 11.5 Å². The number of nitrogens with one attached hydrogen (secondary N) is 1. The average Bonchev–Trinajstić information content (AvgIpc) is 3.08. The quantitative estimate of drug-likeness (QED) is 0.600. The molecule has 0 radical (unpaired) electrons. The van der Waals surface area contributed by atoms with E-state index in [9.17, 15) is 4.79 Å². The van der Waals surface area contributed by atoms with Crippen LogP contribution < -0.4 is 11.1 Å². The first-order chi connectivity index (χ1) is 8.29. The fraction of sp³-hybridized carbons (Fsp3) is 0.923. The molecular formula is C13H26N2O3. The van der Waals surface area contributed by atoms with E-state index in [0.717, 1.165) is 19.3 Å². The van der Waals surface area contributed by atoms with Crippen molar-refractivity contribution in [1.82, 2.24) is 5.32 Å². The molecule has 0 bridgehead atoms. The zero-order valence-electron chi connectivity index (χ0n) is 11.9. The van der Waals surface area contributed by atoms with Gasteiger partial charge in [-0.1, -0.05) is 0 Å². The molecule has 0 spiro atoms. The Morgan fingerprint density at radius 1 is 1.39 bits per heavy atom. The number of ether oxygens (including phenoxy) is 2. The van der Waals surface area contributed by atoms with Gasteiger partial charge in [-0.25, -0.2) is 0 Å². The van der Waals surface area contributed by atoms with Crippen LogP contribution in [-0.4, -0.2) is 43.4 Å². The number of methoxy groups -OCH3 is 1. The topological polar surface area (TPSA) is 73.6 Å². The summed E-state index contributed by atoms with van der Waals surface area (Å²) in [6, 6.07) is 0.418. The SMILES string of the molecule is COC(C)(C)CCOCC(C)(NC1CC1)C(N)=O. The lowest BCUT2D eigenvalue weighted by molar-refractivity contribution is -0.126. The number of hydrogen-bond acceptors (Lipinski definition) is 4. The van der Waals surface area contributed by atoms with Crippen molar-refractivity contribution in [2.24, 2.45) is 5.73 Å². The van der Waals surface area contributed by atoms with Gasteiger partial charge in [0.1, 0.15) is 5.54 Å². The zero-order valence-corrected chi connectivity index (χ0v) is 11.9. The second kappa shape index (κ2) is 5.99. The lowest BCUT2D eigenvalue weighted by atomic mass is 10.0. The molecule has 1 aliphatic rings. The van der Waals surface area contributed by atoms with E-state index >= 15 is 0 Å². The molecular weight excluding hydrogens is 232 g/mol. The van der Waals surface area contributed by atoms with Crippen LogP contribution in [0, 0.1) is 0 Å². The third-order valence-electron chi connectivity index (χ3n) is 3.44. The predicted octanol–water partition coefficient (Wildman–Crippen LogP) is 0.814. The zero-order chi connectivity index (χ0) is 13.8. The Balaban J connectivity index is 2.31. The predicted molar refractivity (Wildman–Crippen MR) is 70.3 cm³/mol. The van der Waals surface area contributed by atoms with Gasteiger partial charge in [-0.05, 0) is 40.0 Å². The van der Waals surface area contributed by atoms with Crippen molar-refractivity contribution < 1.29 is 14.3 Å². The fourth-order valence-corrected chi connectivity index (χ4v) is 1.56. The lowest BCUT2D eigenvalue weighted by Gasteiger charge is -2.28. The molecule has 106 valence electrons. The van der Waals surface area contributed by atoms with Crippen molar-refractivity contribution >= 4 is 5.91 Å². The van der Waals surface area contributed by atoms with Crippen LogP contribution in [0.3, 0.4) is 0 Å². The molecule has 5 heteroatoms. The van der Waals surface area contributed by atoms with E-state index in [1.165, 1.54) is 0 Å². The van der Waals surface area contributed by atoms with Crippen LogP contribution in [0.15, 0.2) is 0 Å². The summed E-state index contributed by atoms with van der Waals surface area (Å²) >= 11 is 0. The largest absolute Gasteiger partial charge is 0.379 e. The lowest BCUT2D eigenvalue weighted by Crippen LogP contribution is -2.57. The summed E-state index contributed by atoms with van der Waals surface area (Å²) in [5.41, 5.74) is 4.47. The van der Waals surface area contributed by atoms with Crippen molar-refractivity contribution in [3.8, 4) is 0 Å². The molecule has 1 amide bonds. The molecule has 1 atom stereocenters. The van der Waals surface area contributed by atoms with Crippen LogP contribution in [0.25, 0.3) is 0 Å². The highest BCUT2D eigenvalue weighted by Crippen LogP contribution is 2.22. The molecule has 1 saturated carbocycles. The van der Waals surface area contributed by atoms with Crippen molar-refractivity contribution in [1.29, 1.82) is 0 Å². The summed E-state index contributed by atoms with van der Waals surface area (Å²) in [5, 5.41) is 3.25. The van der Waals surface area contributed by atoms with Gasteiger partial charge in [0, 0.05) is 19.8 Å². The summed E-state index contributed by atoms with van der Waals surface area (Å²) in [6.45, 7) is 6.67. The minimum absolute atomic E-state index is 0.201. The van der Waals surface area contributed by atoms with Gasteiger partial charge in [-0.3, -0.25) is 10.1 Å². The first-order valence-electron chi connectivity index (χ1n) is 6.49. The van der Waals surface area contributed by atoms with E-state index in [1.54, 1.807) is 14.0 Å². The summed E-state index contributed by atoms with van der Waals surface area (Å²) < 4.78 is 10.9. The Hall–Kier alpha value is -0.650. The van der Waals surface area contributed by atoms with Gasteiger partial charge in [0.15, 0.2) is 0 Å². The number of carbonyl (C=O) groups excluding carboxylic acids is 1. The smallest absolute Gasteiger partial charge is 0.239 e. The van der Waals surface area contributed by atoms with Crippen molar-refractivity contribution in [2.75, 3.05) is 20.3 Å². The number of amides is 1. The molecule has 18 heavy (non-hydrogen) atoms. The van der Waals surface area contributed by atoms with Gasteiger partial charge < -0.3 is 15.2 Å². The van der Waals surface area contributed by atoms with E-state index < -0.39 is 5.54 Å². The van der Waals surface area contributed by atoms with Crippen molar-refractivity contribution in [2.45, 2.75) is 57.2 Å². The molecule has 1 rings (SSSR count). The van der Waals surface area contributed by atoms with Gasteiger partial charge in [-0.15, -0.1) is 0 Å². The number of primary amides is 1. The van der Waals surface area contributed by atoms with Gasteiger partial charge in [0.25, 0.3) is 0 Å². The van der Waals surface area contributed by atoms with E-state index in [4.69, 9.17) is 15.2 Å². The molecule has 1 unspecified atom stereocenters. The molecule has 1 fully saturated rings. The highest BCUT2D eigenvalue weighted by atomic mass is 16.5. The van der Waals surface area contributed by atoms with Crippen LogP contribution in [0.5, 0.6) is 0 Å². The molecule has 5 nitrogen and oxygen atoms in total. The molecule has 0 aromatic heterocycles. The minimum Gasteiger partial charge on any atom is -0.379 e. The van der Waals surface area contributed by atoms with E-state index in [1.807, 2.05) is 13.8 Å². The summed E-state index contributed by atoms with van der Waals surface area (Å²) in [5.74, 6) is -0.361. The Morgan fingerprint density at radius 2 is 2.00 bits per heavy atom. The number of nitrogens with two attached hydrogens (primary N) is 1. The molecule has 0 aromatic rings. The third kappa shape index (κ3) is 4.92. The molecule has 0 heterocycles. The second-order valence-corrected chi connectivity index (χ2v) is 5.88. The van der Waals surface area contributed by atoms with Crippen LogP contribution >= 0.6 is 0 Å². The Labute approximate surface area is 109 Å². The maximum Gasteiger partial charge on any atom is 0.239 e. The normalized spacial score (nSPS) is 19.6. The highest BCUT2D eigenvalue weighted by molar-refractivity contribution is 5.84. The molecule has 1 aliphatic carbocycles. The Morgan fingerprint density at radius 3 is 2.44 bits per heavy atom. The first kappa shape index (κ1) is 15.4. The number of rotatable bonds is 9. The summed E-state index contributed by atoms with van der Waals surface area (Å²) in [4.78, 5) is 11.5. The minimum atomic E-state index is -0.765. The maximum atomic E-state index is 11.5. The van der Waals surface area contributed by atoms with Crippen molar-refractivity contribution in [3.05, 3.63) is 0 Å². The Bertz CT molecular complexity index is 290. The van der Waals surface area contributed by atoms with Gasteiger partial charge in [-0.2, -0.15) is 0 Å². The molecule has 0 aromatic carbocycles. The van der Waals surface area contributed by atoms with Gasteiger partial charge >= 0.3 is 0 Å². The second-order valence-electron chi connectivity index (χ2n) is 5.88.